The van der Waals surface area contributed by atoms with Gasteiger partial charge < -0.3 is 30.5 Å². The van der Waals surface area contributed by atoms with Gasteiger partial charge in [0.05, 0.1) is 11.8 Å². The van der Waals surface area contributed by atoms with Crippen molar-refractivity contribution in [1.29, 1.82) is 0 Å². The van der Waals surface area contributed by atoms with Crippen molar-refractivity contribution in [1.82, 2.24) is 10.3 Å². The third-order valence-electron chi connectivity index (χ3n) is 4.55. The zero-order chi connectivity index (χ0) is 22.8. The molecular weight excluding hydrogens is 428 g/mol. The van der Waals surface area contributed by atoms with Crippen molar-refractivity contribution in [2.24, 2.45) is 0 Å². The molecule has 168 valence electrons. The molecule has 2 unspecified atom stereocenters. The monoisotopic (exact) mass is 452 g/mol. The standard InChI is InChI=1S/C17H19ClN2O.C4H6O6/c18-14-6-4-13(5-7-14)17(16-3-1-2-10-20-16)21-15-8-11-19-12-9-15;5-1(3(7)8)2(6)4(9)10/h1-7,10,15,17,19H,8-9,11-12H2;1-2,5-6H,(H,7,8)(H,9,10)/t17-;/m0./s1. The quantitative estimate of drug-likeness (QED) is 0.420. The molecule has 1 aromatic heterocycles. The Kier molecular flexibility index (Phi) is 9.83. The number of hydrogen-bond donors (Lipinski definition) is 5. The zero-order valence-electron chi connectivity index (χ0n) is 16.6. The molecule has 3 atom stereocenters. The van der Waals surface area contributed by atoms with E-state index in [4.69, 9.17) is 36.8 Å². The SMILES string of the molecule is Clc1ccc([C@H](OC2CCNCC2)c2ccccn2)cc1.O=C(O)C(O)C(O)C(=O)O. The Morgan fingerprint density at radius 2 is 1.58 bits per heavy atom. The molecule has 2 aromatic rings. The molecule has 3 rings (SSSR count). The van der Waals surface area contributed by atoms with Crippen molar-refractivity contribution in [2.45, 2.75) is 37.3 Å². The van der Waals surface area contributed by atoms with Gasteiger partial charge in [-0.1, -0.05) is 29.8 Å². The van der Waals surface area contributed by atoms with Crippen LogP contribution in [0.3, 0.4) is 0 Å². The van der Waals surface area contributed by atoms with E-state index < -0.39 is 24.1 Å². The topological polar surface area (TPSA) is 149 Å². The number of aliphatic carboxylic acids is 2. The molecule has 0 spiro atoms. The third kappa shape index (κ3) is 7.89. The summed E-state index contributed by atoms with van der Waals surface area (Å²) < 4.78 is 6.36. The Labute approximate surface area is 184 Å². The second-order valence-corrected chi connectivity index (χ2v) is 7.27. The largest absolute Gasteiger partial charge is 0.479 e. The van der Waals surface area contributed by atoms with E-state index in [1.54, 1.807) is 0 Å². The highest BCUT2D eigenvalue weighted by atomic mass is 35.5. The van der Waals surface area contributed by atoms with Crippen molar-refractivity contribution < 1.29 is 34.8 Å². The smallest absolute Gasteiger partial charge is 0.335 e. The van der Waals surface area contributed by atoms with Gasteiger partial charge in [0.15, 0.2) is 12.2 Å². The van der Waals surface area contributed by atoms with Crippen LogP contribution in [0.5, 0.6) is 0 Å². The number of benzene rings is 1. The van der Waals surface area contributed by atoms with Crippen LogP contribution >= 0.6 is 11.6 Å². The lowest BCUT2D eigenvalue weighted by Gasteiger charge is -2.28. The van der Waals surface area contributed by atoms with Gasteiger partial charge in [-0.15, -0.1) is 0 Å². The number of nitrogens with zero attached hydrogens (tertiary/aromatic N) is 1. The normalized spacial score (nSPS) is 17.0. The van der Waals surface area contributed by atoms with E-state index in [0.29, 0.717) is 0 Å². The van der Waals surface area contributed by atoms with Gasteiger partial charge in [-0.25, -0.2) is 9.59 Å². The fourth-order valence-corrected chi connectivity index (χ4v) is 3.01. The number of carbonyl (C=O) groups is 2. The minimum absolute atomic E-state index is 0.133. The fourth-order valence-electron chi connectivity index (χ4n) is 2.88. The van der Waals surface area contributed by atoms with Crippen LogP contribution in [0, 0.1) is 0 Å². The summed E-state index contributed by atoms with van der Waals surface area (Å²) in [7, 11) is 0. The molecule has 10 heteroatoms. The molecule has 31 heavy (non-hydrogen) atoms. The summed E-state index contributed by atoms with van der Waals surface area (Å²) in [4.78, 5) is 24.0. The highest BCUT2D eigenvalue weighted by Crippen LogP contribution is 2.28. The molecule has 0 saturated carbocycles. The number of pyridine rings is 1. The van der Waals surface area contributed by atoms with Crippen molar-refractivity contribution in [2.75, 3.05) is 13.1 Å². The lowest BCUT2D eigenvalue weighted by atomic mass is 10.0. The number of carboxylic acids is 2. The molecule has 9 nitrogen and oxygen atoms in total. The first-order valence-corrected chi connectivity index (χ1v) is 10.0. The van der Waals surface area contributed by atoms with Gasteiger partial charge in [-0.3, -0.25) is 4.98 Å². The van der Waals surface area contributed by atoms with Crippen molar-refractivity contribution in [3.63, 3.8) is 0 Å². The van der Waals surface area contributed by atoms with Crippen LogP contribution in [0.25, 0.3) is 0 Å². The predicted octanol–water partition coefficient (Wildman–Crippen LogP) is 1.47. The Morgan fingerprint density at radius 1 is 1.00 bits per heavy atom. The maximum Gasteiger partial charge on any atom is 0.335 e. The van der Waals surface area contributed by atoms with E-state index in [0.717, 1.165) is 42.2 Å². The lowest BCUT2D eigenvalue weighted by molar-refractivity contribution is -0.165. The predicted molar refractivity (Wildman–Crippen MR) is 112 cm³/mol. The Bertz CT molecular complexity index is 811. The van der Waals surface area contributed by atoms with Crippen molar-refractivity contribution in [3.8, 4) is 0 Å². The summed E-state index contributed by atoms with van der Waals surface area (Å²) in [5.74, 6) is -3.54. The van der Waals surface area contributed by atoms with E-state index >= 15 is 0 Å². The first-order chi connectivity index (χ1) is 14.8. The van der Waals surface area contributed by atoms with Gasteiger partial charge in [0.1, 0.15) is 6.10 Å². The lowest BCUT2D eigenvalue weighted by Crippen LogP contribution is -2.39. The first kappa shape index (κ1) is 24.7. The molecule has 0 radical (unpaired) electrons. The van der Waals surface area contributed by atoms with Crippen LogP contribution in [0.4, 0.5) is 0 Å². The van der Waals surface area contributed by atoms with Crippen LogP contribution in [0.15, 0.2) is 48.7 Å². The van der Waals surface area contributed by atoms with E-state index in [1.807, 2.05) is 48.7 Å². The fraction of sp³-hybridized carbons (Fsp3) is 0.381. The van der Waals surface area contributed by atoms with Gasteiger partial charge in [0, 0.05) is 11.2 Å². The van der Waals surface area contributed by atoms with Crippen LogP contribution < -0.4 is 5.32 Å². The number of rotatable bonds is 7. The number of aliphatic hydroxyl groups excluding tert-OH is 2. The Hall–Kier alpha value is -2.56. The van der Waals surface area contributed by atoms with E-state index in [1.165, 1.54) is 0 Å². The van der Waals surface area contributed by atoms with Gasteiger partial charge in [0.2, 0.25) is 0 Å². The molecule has 1 fully saturated rings. The maximum atomic E-state index is 9.77. The molecule has 1 saturated heterocycles. The summed E-state index contributed by atoms with van der Waals surface area (Å²) >= 11 is 5.99. The van der Waals surface area contributed by atoms with Gasteiger partial charge in [-0.05, 0) is 55.8 Å². The first-order valence-electron chi connectivity index (χ1n) is 9.64. The van der Waals surface area contributed by atoms with Crippen molar-refractivity contribution >= 4 is 23.5 Å². The molecule has 1 aromatic carbocycles. The molecular formula is C21H25ClN2O7. The minimum Gasteiger partial charge on any atom is -0.479 e. The minimum atomic E-state index is -2.27. The zero-order valence-corrected chi connectivity index (χ0v) is 17.4. The summed E-state index contributed by atoms with van der Waals surface area (Å²) in [6.07, 6.45) is -0.506. The number of aromatic nitrogens is 1. The molecule has 0 aliphatic carbocycles. The maximum absolute atomic E-state index is 9.77. The molecule has 1 aliphatic heterocycles. The average molecular weight is 453 g/mol. The highest BCUT2D eigenvalue weighted by molar-refractivity contribution is 6.30. The van der Waals surface area contributed by atoms with E-state index in [2.05, 4.69) is 10.3 Å². The van der Waals surface area contributed by atoms with Crippen LogP contribution in [-0.4, -0.2) is 68.8 Å². The molecule has 2 heterocycles. The summed E-state index contributed by atoms with van der Waals surface area (Å²) in [6, 6.07) is 13.8. The van der Waals surface area contributed by atoms with Crippen molar-refractivity contribution in [3.05, 3.63) is 64.9 Å². The number of nitrogens with one attached hydrogen (secondary N) is 1. The van der Waals surface area contributed by atoms with Gasteiger partial charge in [-0.2, -0.15) is 0 Å². The summed E-state index contributed by atoms with van der Waals surface area (Å²) in [5.41, 5.74) is 2.04. The number of carboxylic acid groups (broad SMARTS) is 2. The highest BCUT2D eigenvalue weighted by Gasteiger charge is 2.29. The van der Waals surface area contributed by atoms with Crippen LogP contribution in [-0.2, 0) is 14.3 Å². The van der Waals surface area contributed by atoms with Crippen LogP contribution in [0.2, 0.25) is 5.02 Å². The number of hydrogen-bond acceptors (Lipinski definition) is 7. The van der Waals surface area contributed by atoms with E-state index in [9.17, 15) is 9.59 Å². The molecule has 1 aliphatic rings. The summed E-state index contributed by atoms with van der Waals surface area (Å²) in [5, 5.41) is 36.6. The number of aliphatic hydroxyl groups is 2. The second kappa shape index (κ2) is 12.3. The molecule has 0 bridgehead atoms. The van der Waals surface area contributed by atoms with Gasteiger partial charge in [0.25, 0.3) is 0 Å². The average Bonchev–Trinajstić information content (AvgIpc) is 2.78. The second-order valence-electron chi connectivity index (χ2n) is 6.84. The van der Waals surface area contributed by atoms with Crippen LogP contribution in [0.1, 0.15) is 30.2 Å². The Morgan fingerprint density at radius 3 is 2.06 bits per heavy atom. The molecule has 0 amide bonds. The Balaban J connectivity index is 0.000000291. The van der Waals surface area contributed by atoms with Gasteiger partial charge >= 0.3 is 11.9 Å². The third-order valence-corrected chi connectivity index (χ3v) is 4.80. The summed E-state index contributed by atoms with van der Waals surface area (Å²) in [6.45, 7) is 2.03. The number of ether oxygens (including phenoxy) is 1. The van der Waals surface area contributed by atoms with E-state index in [-0.39, 0.29) is 12.2 Å². The number of halogens is 1. The number of piperidine rings is 1. The molecule has 5 N–H and O–H groups in total.